The number of ether oxygens (including phenoxy) is 2. The summed E-state index contributed by atoms with van der Waals surface area (Å²) in [5.41, 5.74) is 1.27. The van der Waals surface area contributed by atoms with Gasteiger partial charge in [-0.1, -0.05) is 5.16 Å². The van der Waals surface area contributed by atoms with E-state index in [0.717, 1.165) is 6.54 Å². The fourth-order valence-corrected chi connectivity index (χ4v) is 2.00. The SMILES string of the molecule is C=N/C=C\C(=NCCOCCNC)Nc1cc(-c2ccc(OC)cn2)no1. The van der Waals surface area contributed by atoms with Crippen LogP contribution in [0.1, 0.15) is 0 Å². The summed E-state index contributed by atoms with van der Waals surface area (Å²) in [4.78, 5) is 12.4. The molecule has 2 heterocycles. The average Bonchev–Trinajstić information content (AvgIpc) is 3.17. The molecule has 0 saturated heterocycles. The van der Waals surface area contributed by atoms with Crippen molar-refractivity contribution in [3.63, 3.8) is 0 Å². The predicted octanol–water partition coefficient (Wildman–Crippen LogP) is 2.01. The number of amidine groups is 1. The molecule has 9 nitrogen and oxygen atoms in total. The number of rotatable bonds is 11. The number of likely N-dealkylation sites (N-methyl/N-ethyl adjacent to an activating group) is 1. The minimum absolute atomic E-state index is 0.436. The van der Waals surface area contributed by atoms with Gasteiger partial charge < -0.3 is 24.6 Å². The molecule has 0 aliphatic heterocycles. The first-order chi connectivity index (χ1) is 13.3. The smallest absolute Gasteiger partial charge is 0.230 e. The number of nitrogens with zero attached hydrogens (tertiary/aromatic N) is 4. The molecule has 0 bridgehead atoms. The van der Waals surface area contributed by atoms with Crippen molar-refractivity contribution < 1.29 is 14.0 Å². The summed E-state index contributed by atoms with van der Waals surface area (Å²) in [6.45, 7) is 5.87. The molecule has 0 aliphatic carbocycles. The van der Waals surface area contributed by atoms with Gasteiger partial charge in [0.2, 0.25) is 5.88 Å². The normalized spacial score (nSPS) is 11.7. The molecule has 2 aromatic rings. The van der Waals surface area contributed by atoms with Crippen LogP contribution in [0.4, 0.5) is 5.88 Å². The van der Waals surface area contributed by atoms with Gasteiger partial charge in [-0.25, -0.2) is 0 Å². The summed E-state index contributed by atoms with van der Waals surface area (Å²) in [5.74, 6) is 1.67. The summed E-state index contributed by atoms with van der Waals surface area (Å²) in [6.07, 6.45) is 4.85. The standard InChI is InChI=1S/C18H24N6O3/c1-19-7-6-17(21-9-11-26-10-8-20-2)23-18-12-16(24-27-18)15-5-4-14(25-3)13-22-15/h4-7,12-13,20H,1,8-11H2,2-3H3,(H,21,23)/b7-6-. The van der Waals surface area contributed by atoms with E-state index >= 15 is 0 Å². The Morgan fingerprint density at radius 2 is 2.22 bits per heavy atom. The maximum atomic E-state index is 5.45. The molecule has 9 heteroatoms. The molecule has 0 fully saturated rings. The third-order valence-electron chi connectivity index (χ3n) is 3.35. The Hall–Kier alpha value is -3.04. The number of hydrogen-bond donors (Lipinski definition) is 2. The van der Waals surface area contributed by atoms with E-state index in [-0.39, 0.29) is 0 Å². The van der Waals surface area contributed by atoms with Gasteiger partial charge in [-0.3, -0.25) is 15.0 Å². The largest absolute Gasteiger partial charge is 0.495 e. The summed E-state index contributed by atoms with van der Waals surface area (Å²) >= 11 is 0. The van der Waals surface area contributed by atoms with Gasteiger partial charge in [0.05, 0.1) is 38.8 Å². The Morgan fingerprint density at radius 1 is 1.33 bits per heavy atom. The Morgan fingerprint density at radius 3 is 2.93 bits per heavy atom. The Balaban J connectivity index is 1.98. The highest BCUT2D eigenvalue weighted by Crippen LogP contribution is 2.21. The van der Waals surface area contributed by atoms with Crippen LogP contribution in [0.25, 0.3) is 11.4 Å². The third kappa shape index (κ3) is 7.00. The average molecular weight is 372 g/mol. The Kier molecular flexibility index (Phi) is 8.67. The molecule has 2 aromatic heterocycles. The van der Waals surface area contributed by atoms with Crippen LogP contribution < -0.4 is 15.4 Å². The zero-order valence-corrected chi connectivity index (χ0v) is 15.5. The number of aliphatic imine (C=N–C) groups is 2. The van der Waals surface area contributed by atoms with Crippen molar-refractivity contribution in [1.29, 1.82) is 0 Å². The lowest BCUT2D eigenvalue weighted by Crippen LogP contribution is -2.16. The van der Waals surface area contributed by atoms with Crippen molar-refractivity contribution in [2.75, 3.05) is 45.8 Å². The lowest BCUT2D eigenvalue weighted by molar-refractivity contribution is 0.145. The Labute approximate surface area is 158 Å². The monoisotopic (exact) mass is 372 g/mol. The zero-order valence-electron chi connectivity index (χ0n) is 15.5. The summed E-state index contributed by atoms with van der Waals surface area (Å²) in [7, 11) is 3.47. The van der Waals surface area contributed by atoms with Gasteiger partial charge in [-0.2, -0.15) is 0 Å². The maximum absolute atomic E-state index is 5.45. The quantitative estimate of drug-likeness (QED) is 0.353. The van der Waals surface area contributed by atoms with Gasteiger partial charge in [0.25, 0.3) is 0 Å². The number of hydrogen-bond acceptors (Lipinski definition) is 8. The Bertz CT molecular complexity index is 755. The summed E-state index contributed by atoms with van der Waals surface area (Å²) in [5, 5.41) is 10.1. The van der Waals surface area contributed by atoms with Crippen LogP contribution in [-0.4, -0.2) is 63.2 Å². The first-order valence-corrected chi connectivity index (χ1v) is 8.40. The molecule has 27 heavy (non-hydrogen) atoms. The van der Waals surface area contributed by atoms with Gasteiger partial charge in [-0.05, 0) is 32.0 Å². The molecule has 0 unspecified atom stereocenters. The van der Waals surface area contributed by atoms with Gasteiger partial charge >= 0.3 is 0 Å². The molecule has 0 aromatic carbocycles. The first kappa shape index (κ1) is 20.3. The van der Waals surface area contributed by atoms with E-state index in [1.54, 1.807) is 31.5 Å². The second-order valence-corrected chi connectivity index (χ2v) is 5.27. The van der Waals surface area contributed by atoms with Crippen LogP contribution in [0.3, 0.4) is 0 Å². The van der Waals surface area contributed by atoms with Crippen molar-refractivity contribution >= 4 is 18.4 Å². The zero-order chi connectivity index (χ0) is 19.3. The molecule has 0 saturated carbocycles. The number of methoxy groups -OCH3 is 1. The number of pyridine rings is 1. The summed E-state index contributed by atoms with van der Waals surface area (Å²) < 4.78 is 15.9. The van der Waals surface area contributed by atoms with Gasteiger partial charge in [0, 0.05) is 18.8 Å². The van der Waals surface area contributed by atoms with E-state index in [4.69, 9.17) is 14.0 Å². The van der Waals surface area contributed by atoms with Gasteiger partial charge in [0.1, 0.15) is 17.3 Å². The number of aromatic nitrogens is 2. The van der Waals surface area contributed by atoms with Crippen LogP contribution in [0.15, 0.2) is 51.2 Å². The first-order valence-electron chi connectivity index (χ1n) is 8.40. The fourth-order valence-electron chi connectivity index (χ4n) is 2.00. The molecular formula is C18H24N6O3. The van der Waals surface area contributed by atoms with Crippen LogP contribution in [0, 0.1) is 0 Å². The summed E-state index contributed by atoms with van der Waals surface area (Å²) in [6, 6.07) is 5.35. The van der Waals surface area contributed by atoms with Crippen molar-refractivity contribution in [2.24, 2.45) is 9.98 Å². The van der Waals surface area contributed by atoms with E-state index in [0.29, 0.717) is 48.6 Å². The molecule has 0 aliphatic rings. The van der Waals surface area contributed by atoms with E-state index in [1.807, 2.05) is 13.1 Å². The van der Waals surface area contributed by atoms with Crippen molar-refractivity contribution in [3.8, 4) is 17.1 Å². The highest BCUT2D eigenvalue weighted by molar-refractivity contribution is 6.03. The molecule has 0 spiro atoms. The number of anilines is 1. The third-order valence-corrected chi connectivity index (χ3v) is 3.35. The molecule has 0 amide bonds. The molecule has 0 radical (unpaired) electrons. The van der Waals surface area contributed by atoms with Gasteiger partial charge in [0.15, 0.2) is 0 Å². The van der Waals surface area contributed by atoms with Crippen molar-refractivity contribution in [1.82, 2.24) is 15.5 Å². The molecular weight excluding hydrogens is 348 g/mol. The minimum Gasteiger partial charge on any atom is -0.495 e. The van der Waals surface area contributed by atoms with Crippen LogP contribution in [0.5, 0.6) is 5.75 Å². The minimum atomic E-state index is 0.436. The fraction of sp³-hybridized carbons (Fsp3) is 0.333. The lowest BCUT2D eigenvalue weighted by atomic mass is 10.2. The lowest BCUT2D eigenvalue weighted by Gasteiger charge is -2.04. The van der Waals surface area contributed by atoms with Crippen LogP contribution in [-0.2, 0) is 4.74 Å². The van der Waals surface area contributed by atoms with E-state index in [2.05, 4.69) is 37.5 Å². The van der Waals surface area contributed by atoms with E-state index in [9.17, 15) is 0 Å². The van der Waals surface area contributed by atoms with E-state index in [1.165, 1.54) is 6.20 Å². The second-order valence-electron chi connectivity index (χ2n) is 5.27. The maximum Gasteiger partial charge on any atom is 0.230 e. The topological polar surface area (TPSA) is 106 Å². The van der Waals surface area contributed by atoms with Crippen molar-refractivity contribution in [2.45, 2.75) is 0 Å². The molecule has 0 atom stereocenters. The highest BCUT2D eigenvalue weighted by atomic mass is 16.5. The molecule has 2 N–H and O–H groups in total. The highest BCUT2D eigenvalue weighted by Gasteiger charge is 2.09. The number of nitrogens with one attached hydrogen (secondary N) is 2. The second kappa shape index (κ2) is 11.6. The predicted molar refractivity (Wildman–Crippen MR) is 106 cm³/mol. The van der Waals surface area contributed by atoms with Crippen LogP contribution in [0.2, 0.25) is 0 Å². The van der Waals surface area contributed by atoms with Crippen LogP contribution >= 0.6 is 0 Å². The van der Waals surface area contributed by atoms with Crippen molar-refractivity contribution in [3.05, 3.63) is 36.7 Å². The van der Waals surface area contributed by atoms with Gasteiger partial charge in [-0.15, -0.1) is 0 Å². The molecule has 144 valence electrons. The molecule has 2 rings (SSSR count). The van der Waals surface area contributed by atoms with E-state index < -0.39 is 0 Å².